The molecule has 1 aliphatic heterocycles. The van der Waals surface area contributed by atoms with Gasteiger partial charge in [-0.05, 0) is 42.5 Å². The molecule has 0 aliphatic carbocycles. The van der Waals surface area contributed by atoms with Crippen molar-refractivity contribution >= 4 is 57.6 Å². The molecule has 1 aromatic heterocycles. The molecule has 1 aliphatic rings. The number of thiocarbonyl (C=S) groups is 1. The van der Waals surface area contributed by atoms with Crippen molar-refractivity contribution in [2.24, 2.45) is 0 Å². The van der Waals surface area contributed by atoms with Gasteiger partial charge in [-0.25, -0.2) is 0 Å². The van der Waals surface area contributed by atoms with Crippen LogP contribution in [0.2, 0.25) is 5.02 Å². The SMILES string of the molecule is COc1ccc(-c2ccc(C=C3SC(=S)N(c4ccccc4)C3=O)o2)cc1Cl. The molecule has 3 aromatic rings. The van der Waals surface area contributed by atoms with Gasteiger partial charge in [0.25, 0.3) is 5.91 Å². The van der Waals surface area contributed by atoms with E-state index in [4.69, 9.17) is 33.0 Å². The highest BCUT2D eigenvalue weighted by Crippen LogP contribution is 2.37. The summed E-state index contributed by atoms with van der Waals surface area (Å²) in [6.45, 7) is 0. The standard InChI is InChI=1S/C21H14ClNO3S2/c1-25-18-9-7-13(11-16(18)22)17-10-8-15(26-17)12-19-20(24)23(21(27)28-19)14-5-3-2-4-6-14/h2-12H,1H3. The summed E-state index contributed by atoms with van der Waals surface area (Å²) in [5.41, 5.74) is 1.57. The highest BCUT2D eigenvalue weighted by molar-refractivity contribution is 8.27. The lowest BCUT2D eigenvalue weighted by molar-refractivity contribution is -0.113. The van der Waals surface area contributed by atoms with E-state index in [9.17, 15) is 4.79 Å². The van der Waals surface area contributed by atoms with Gasteiger partial charge in [-0.2, -0.15) is 0 Å². The highest BCUT2D eigenvalue weighted by atomic mass is 35.5. The quantitative estimate of drug-likeness (QED) is 0.376. The number of halogens is 1. The number of carbonyl (C=O) groups excluding carboxylic acids is 1. The number of hydrogen-bond donors (Lipinski definition) is 0. The normalized spacial score (nSPS) is 15.5. The summed E-state index contributed by atoms with van der Waals surface area (Å²) in [4.78, 5) is 14.8. The van der Waals surface area contributed by atoms with Gasteiger partial charge in [0, 0.05) is 11.6 Å². The zero-order chi connectivity index (χ0) is 19.7. The molecular weight excluding hydrogens is 414 g/mol. The van der Waals surface area contributed by atoms with Gasteiger partial charge >= 0.3 is 0 Å². The van der Waals surface area contributed by atoms with Gasteiger partial charge in [0.05, 0.1) is 22.7 Å². The molecule has 0 unspecified atom stereocenters. The molecule has 2 aromatic carbocycles. The first-order valence-corrected chi connectivity index (χ1v) is 9.94. The summed E-state index contributed by atoms with van der Waals surface area (Å²) in [7, 11) is 1.57. The minimum atomic E-state index is -0.161. The molecule has 0 spiro atoms. The number of carbonyl (C=O) groups is 1. The van der Waals surface area contributed by atoms with Crippen LogP contribution < -0.4 is 9.64 Å². The fourth-order valence-corrected chi connectivity index (χ4v) is 4.34. The third-order valence-electron chi connectivity index (χ3n) is 4.14. The van der Waals surface area contributed by atoms with Crippen LogP contribution in [0.25, 0.3) is 17.4 Å². The maximum Gasteiger partial charge on any atom is 0.270 e. The van der Waals surface area contributed by atoms with Gasteiger partial charge in [0.1, 0.15) is 17.3 Å². The van der Waals surface area contributed by atoms with Crippen LogP contribution in [0.1, 0.15) is 5.76 Å². The average molecular weight is 428 g/mol. The van der Waals surface area contributed by atoms with Crippen molar-refractivity contribution < 1.29 is 13.9 Å². The minimum Gasteiger partial charge on any atom is -0.495 e. The largest absolute Gasteiger partial charge is 0.495 e. The summed E-state index contributed by atoms with van der Waals surface area (Å²) in [5.74, 6) is 1.65. The smallest absolute Gasteiger partial charge is 0.270 e. The molecular formula is C21H14ClNO3S2. The highest BCUT2D eigenvalue weighted by Gasteiger charge is 2.33. The lowest BCUT2D eigenvalue weighted by atomic mass is 10.2. The maximum atomic E-state index is 12.8. The first-order valence-electron chi connectivity index (χ1n) is 8.33. The van der Waals surface area contributed by atoms with Crippen LogP contribution in [0.3, 0.4) is 0 Å². The molecule has 2 heterocycles. The van der Waals surface area contributed by atoms with Crippen LogP contribution in [0.4, 0.5) is 5.69 Å². The van der Waals surface area contributed by atoms with E-state index in [0.717, 1.165) is 11.3 Å². The van der Waals surface area contributed by atoms with Crippen molar-refractivity contribution in [1.29, 1.82) is 0 Å². The van der Waals surface area contributed by atoms with E-state index >= 15 is 0 Å². The Bertz CT molecular complexity index is 1090. The lowest BCUT2D eigenvalue weighted by Crippen LogP contribution is -2.27. The molecule has 0 N–H and O–H groups in total. The van der Waals surface area contributed by atoms with E-state index < -0.39 is 0 Å². The summed E-state index contributed by atoms with van der Waals surface area (Å²) < 4.78 is 11.5. The molecule has 0 radical (unpaired) electrons. The number of para-hydroxylation sites is 1. The van der Waals surface area contributed by atoms with E-state index in [1.165, 1.54) is 16.7 Å². The van der Waals surface area contributed by atoms with E-state index in [-0.39, 0.29) is 5.91 Å². The predicted molar refractivity (Wildman–Crippen MR) is 118 cm³/mol. The topological polar surface area (TPSA) is 42.7 Å². The maximum absolute atomic E-state index is 12.8. The first kappa shape index (κ1) is 18.8. The Balaban J connectivity index is 1.60. The van der Waals surface area contributed by atoms with E-state index in [1.54, 1.807) is 25.3 Å². The summed E-state index contributed by atoms with van der Waals surface area (Å²) in [6.07, 6.45) is 1.71. The van der Waals surface area contributed by atoms with E-state index in [1.807, 2.05) is 48.5 Å². The molecule has 4 rings (SSSR count). The van der Waals surface area contributed by atoms with Crippen molar-refractivity contribution in [3.63, 3.8) is 0 Å². The molecule has 0 bridgehead atoms. The number of amides is 1. The predicted octanol–water partition coefficient (Wildman–Crippen LogP) is 6.01. The molecule has 4 nitrogen and oxygen atoms in total. The number of thioether (sulfide) groups is 1. The van der Waals surface area contributed by atoms with Gasteiger partial charge in [0.2, 0.25) is 0 Å². The molecule has 140 valence electrons. The first-order chi connectivity index (χ1) is 13.6. The molecule has 7 heteroatoms. The minimum absolute atomic E-state index is 0.161. The van der Waals surface area contributed by atoms with Crippen molar-refractivity contribution in [3.8, 4) is 17.1 Å². The van der Waals surface area contributed by atoms with Crippen LogP contribution in [0, 0.1) is 0 Å². The van der Waals surface area contributed by atoms with Crippen LogP contribution in [-0.2, 0) is 4.79 Å². The van der Waals surface area contributed by atoms with Gasteiger partial charge in [0.15, 0.2) is 4.32 Å². The lowest BCUT2D eigenvalue weighted by Gasteiger charge is -2.13. The fourth-order valence-electron chi connectivity index (χ4n) is 2.80. The van der Waals surface area contributed by atoms with Crippen LogP contribution >= 0.6 is 35.6 Å². The monoisotopic (exact) mass is 427 g/mol. The van der Waals surface area contributed by atoms with Crippen LogP contribution in [-0.4, -0.2) is 17.3 Å². The Morgan fingerprint density at radius 2 is 1.93 bits per heavy atom. The molecule has 1 saturated heterocycles. The summed E-state index contributed by atoms with van der Waals surface area (Å²) in [5, 5.41) is 0.502. The summed E-state index contributed by atoms with van der Waals surface area (Å²) >= 11 is 12.8. The van der Waals surface area contributed by atoms with Gasteiger partial charge in [-0.15, -0.1) is 0 Å². The average Bonchev–Trinajstić information content (AvgIpc) is 3.27. The van der Waals surface area contributed by atoms with Crippen molar-refractivity contribution in [1.82, 2.24) is 0 Å². The van der Waals surface area contributed by atoms with Crippen LogP contribution in [0.15, 0.2) is 70.0 Å². The van der Waals surface area contributed by atoms with Gasteiger partial charge in [-0.1, -0.05) is 53.8 Å². The third-order valence-corrected chi connectivity index (χ3v) is 5.74. The molecule has 1 amide bonds. The zero-order valence-electron chi connectivity index (χ0n) is 14.7. The van der Waals surface area contributed by atoms with E-state index in [2.05, 4.69) is 0 Å². The summed E-state index contributed by atoms with van der Waals surface area (Å²) in [6, 6.07) is 18.4. The van der Waals surface area contributed by atoms with Crippen molar-refractivity contribution in [3.05, 3.63) is 76.4 Å². The van der Waals surface area contributed by atoms with E-state index in [0.29, 0.717) is 31.5 Å². The number of anilines is 1. The number of ether oxygens (including phenoxy) is 1. The Morgan fingerprint density at radius 3 is 2.64 bits per heavy atom. The fraction of sp³-hybridized carbons (Fsp3) is 0.0476. The molecule has 0 atom stereocenters. The van der Waals surface area contributed by atoms with Crippen molar-refractivity contribution in [2.45, 2.75) is 0 Å². The number of nitrogens with zero attached hydrogens (tertiary/aromatic N) is 1. The molecule has 1 fully saturated rings. The van der Waals surface area contributed by atoms with Gasteiger partial charge in [-0.3, -0.25) is 9.69 Å². The zero-order valence-corrected chi connectivity index (χ0v) is 17.1. The second-order valence-corrected chi connectivity index (χ2v) is 7.99. The Labute approximate surface area is 176 Å². The van der Waals surface area contributed by atoms with Crippen LogP contribution in [0.5, 0.6) is 5.75 Å². The van der Waals surface area contributed by atoms with Gasteiger partial charge < -0.3 is 9.15 Å². The Kier molecular flexibility index (Phi) is 5.26. The number of hydrogen-bond acceptors (Lipinski definition) is 5. The number of methoxy groups -OCH3 is 1. The number of rotatable bonds is 4. The third kappa shape index (κ3) is 3.58. The Morgan fingerprint density at radius 1 is 1.14 bits per heavy atom. The Hall–Kier alpha value is -2.54. The number of furan rings is 1. The molecule has 28 heavy (non-hydrogen) atoms. The van der Waals surface area contributed by atoms with Crippen molar-refractivity contribution in [2.75, 3.05) is 12.0 Å². The second-order valence-electron chi connectivity index (χ2n) is 5.90. The molecule has 0 saturated carbocycles. The number of benzene rings is 2. The second kappa shape index (κ2) is 7.83.